The normalized spacial score (nSPS) is 10.6. The third-order valence-electron chi connectivity index (χ3n) is 1.94. The Kier molecular flexibility index (Phi) is 4.59. The number of carbonyl (C=O) groups is 1. The molecule has 0 spiro atoms. The summed E-state index contributed by atoms with van der Waals surface area (Å²) in [5.74, 6) is 5.51. The van der Waals surface area contributed by atoms with Crippen molar-refractivity contribution in [1.29, 1.82) is 0 Å². The number of aldehydes is 1. The highest BCUT2D eigenvalue weighted by Crippen LogP contribution is 2.31. The largest absolute Gasteiger partial charge is 0.417 e. The van der Waals surface area contributed by atoms with Crippen LogP contribution in [0.25, 0.3) is 0 Å². The van der Waals surface area contributed by atoms with E-state index in [1.165, 1.54) is 6.07 Å². The van der Waals surface area contributed by atoms with E-state index in [1.54, 1.807) is 0 Å². The first-order valence-electron chi connectivity index (χ1n) is 4.70. The molecule has 1 aromatic rings. The average molecular weight is 261 g/mol. The molecule has 0 bridgehead atoms. The number of hydrogen-bond acceptors (Lipinski definition) is 1. The highest BCUT2D eigenvalue weighted by atomic mass is 35.5. The van der Waals surface area contributed by atoms with Gasteiger partial charge >= 0.3 is 6.18 Å². The van der Waals surface area contributed by atoms with Crippen LogP contribution in [0.3, 0.4) is 0 Å². The lowest BCUT2D eigenvalue weighted by Gasteiger charge is -2.09. The van der Waals surface area contributed by atoms with Gasteiger partial charge in [0.2, 0.25) is 0 Å². The predicted octanol–water partition coefficient (Wildman–Crippen LogP) is 3.50. The first kappa shape index (κ1) is 13.6. The molecule has 0 saturated carbocycles. The van der Waals surface area contributed by atoms with Gasteiger partial charge in [0, 0.05) is 23.4 Å². The second kappa shape index (κ2) is 5.74. The van der Waals surface area contributed by atoms with Crippen LogP contribution < -0.4 is 0 Å². The molecule has 0 N–H and O–H groups in total. The zero-order valence-electron chi connectivity index (χ0n) is 8.64. The zero-order chi connectivity index (χ0) is 12.9. The van der Waals surface area contributed by atoms with Crippen molar-refractivity contribution in [3.05, 3.63) is 34.9 Å². The van der Waals surface area contributed by atoms with Crippen LogP contribution in [0.4, 0.5) is 13.2 Å². The van der Waals surface area contributed by atoms with E-state index in [0.29, 0.717) is 12.3 Å². The minimum absolute atomic E-state index is 0.179. The van der Waals surface area contributed by atoms with E-state index in [1.807, 2.05) is 0 Å². The van der Waals surface area contributed by atoms with Crippen LogP contribution in [0.5, 0.6) is 0 Å². The Balaban J connectivity index is 3.15. The number of halogens is 4. The standard InChI is InChI=1S/C12H8ClF3O/c13-6-2-1-3-9-4-5-10(8-17)11(7-9)12(14,15)16/h4-5,7-8H,2,6H2. The topological polar surface area (TPSA) is 17.1 Å². The fourth-order valence-corrected chi connectivity index (χ4v) is 1.29. The van der Waals surface area contributed by atoms with E-state index in [2.05, 4.69) is 11.8 Å². The summed E-state index contributed by atoms with van der Waals surface area (Å²) in [7, 11) is 0. The smallest absolute Gasteiger partial charge is 0.298 e. The van der Waals surface area contributed by atoms with Crippen molar-refractivity contribution in [1.82, 2.24) is 0 Å². The van der Waals surface area contributed by atoms with Gasteiger partial charge < -0.3 is 0 Å². The number of carbonyl (C=O) groups excluding carboxylic acids is 1. The highest BCUT2D eigenvalue weighted by molar-refractivity contribution is 6.18. The van der Waals surface area contributed by atoms with E-state index >= 15 is 0 Å². The van der Waals surface area contributed by atoms with Gasteiger partial charge in [0.15, 0.2) is 6.29 Å². The summed E-state index contributed by atoms with van der Waals surface area (Å²) in [6.45, 7) is 0. The third-order valence-corrected chi connectivity index (χ3v) is 2.13. The van der Waals surface area contributed by atoms with Gasteiger partial charge in [0.25, 0.3) is 0 Å². The van der Waals surface area contributed by atoms with Crippen LogP contribution in [0, 0.1) is 11.8 Å². The summed E-state index contributed by atoms with van der Waals surface area (Å²) in [5.41, 5.74) is -1.14. The Morgan fingerprint density at radius 2 is 2.06 bits per heavy atom. The van der Waals surface area contributed by atoms with Gasteiger partial charge in [-0.3, -0.25) is 4.79 Å². The lowest BCUT2D eigenvalue weighted by atomic mass is 10.0. The van der Waals surface area contributed by atoms with Gasteiger partial charge in [0.1, 0.15) is 0 Å². The summed E-state index contributed by atoms with van der Waals surface area (Å²) < 4.78 is 37.7. The fourth-order valence-electron chi connectivity index (χ4n) is 1.19. The van der Waals surface area contributed by atoms with Crippen molar-refractivity contribution in [2.24, 2.45) is 0 Å². The van der Waals surface area contributed by atoms with Crippen LogP contribution in [0.1, 0.15) is 27.9 Å². The van der Waals surface area contributed by atoms with Crippen LogP contribution in [-0.2, 0) is 6.18 Å². The molecule has 0 aromatic heterocycles. The van der Waals surface area contributed by atoms with E-state index in [9.17, 15) is 18.0 Å². The molecule has 0 heterocycles. The molecule has 0 unspecified atom stereocenters. The van der Waals surface area contributed by atoms with E-state index in [4.69, 9.17) is 11.6 Å². The second-order valence-corrected chi connectivity index (χ2v) is 3.54. The maximum absolute atomic E-state index is 12.6. The summed E-state index contributed by atoms with van der Waals surface area (Å²) in [4.78, 5) is 10.5. The van der Waals surface area contributed by atoms with E-state index < -0.39 is 11.7 Å². The Morgan fingerprint density at radius 1 is 1.35 bits per heavy atom. The lowest BCUT2D eigenvalue weighted by Crippen LogP contribution is -2.09. The molecule has 1 nitrogen and oxygen atoms in total. The quantitative estimate of drug-likeness (QED) is 0.452. The van der Waals surface area contributed by atoms with Gasteiger partial charge in [-0.2, -0.15) is 13.2 Å². The molecule has 0 atom stereocenters. The summed E-state index contributed by atoms with van der Waals surface area (Å²) in [6.07, 6.45) is -3.97. The predicted molar refractivity (Wildman–Crippen MR) is 59.0 cm³/mol. The molecular formula is C12H8ClF3O. The minimum atomic E-state index is -4.56. The van der Waals surface area contributed by atoms with Crippen molar-refractivity contribution in [2.45, 2.75) is 12.6 Å². The van der Waals surface area contributed by atoms with Crippen LogP contribution >= 0.6 is 11.6 Å². The average Bonchev–Trinajstić information content (AvgIpc) is 2.28. The molecule has 0 aliphatic heterocycles. The van der Waals surface area contributed by atoms with Crippen molar-refractivity contribution < 1.29 is 18.0 Å². The summed E-state index contributed by atoms with van der Waals surface area (Å²) in [5, 5.41) is 0. The van der Waals surface area contributed by atoms with E-state index in [0.717, 1.165) is 12.1 Å². The molecule has 0 fully saturated rings. The molecule has 5 heteroatoms. The maximum atomic E-state index is 12.6. The van der Waals surface area contributed by atoms with Gasteiger partial charge in [-0.1, -0.05) is 11.8 Å². The number of benzene rings is 1. The Morgan fingerprint density at radius 3 is 2.59 bits per heavy atom. The summed E-state index contributed by atoms with van der Waals surface area (Å²) >= 11 is 5.39. The molecule has 90 valence electrons. The van der Waals surface area contributed by atoms with Gasteiger partial charge in [-0.15, -0.1) is 11.6 Å². The zero-order valence-corrected chi connectivity index (χ0v) is 9.40. The fraction of sp³-hybridized carbons (Fsp3) is 0.250. The molecule has 0 aliphatic carbocycles. The molecule has 1 rings (SSSR count). The van der Waals surface area contributed by atoms with Gasteiger partial charge in [0.05, 0.1) is 5.56 Å². The van der Waals surface area contributed by atoms with Crippen molar-refractivity contribution >= 4 is 17.9 Å². The lowest BCUT2D eigenvalue weighted by molar-refractivity contribution is -0.137. The second-order valence-electron chi connectivity index (χ2n) is 3.16. The molecule has 1 aromatic carbocycles. The highest BCUT2D eigenvalue weighted by Gasteiger charge is 2.33. The van der Waals surface area contributed by atoms with Crippen LogP contribution in [0.15, 0.2) is 18.2 Å². The Bertz CT molecular complexity index is 469. The van der Waals surface area contributed by atoms with Crippen molar-refractivity contribution in [2.75, 3.05) is 5.88 Å². The molecule has 17 heavy (non-hydrogen) atoms. The third kappa shape index (κ3) is 3.79. The SMILES string of the molecule is O=Cc1ccc(C#CCCCl)cc1C(F)(F)F. The molecular weight excluding hydrogens is 253 g/mol. The Labute approximate surface area is 102 Å². The van der Waals surface area contributed by atoms with E-state index in [-0.39, 0.29) is 17.4 Å². The van der Waals surface area contributed by atoms with Crippen molar-refractivity contribution in [3.63, 3.8) is 0 Å². The maximum Gasteiger partial charge on any atom is 0.417 e. The Hall–Kier alpha value is -1.47. The number of rotatable bonds is 2. The monoisotopic (exact) mass is 260 g/mol. The first-order chi connectivity index (χ1) is 7.99. The van der Waals surface area contributed by atoms with Crippen LogP contribution in [0.2, 0.25) is 0 Å². The number of hydrogen-bond donors (Lipinski definition) is 0. The van der Waals surface area contributed by atoms with Gasteiger partial charge in [-0.25, -0.2) is 0 Å². The number of alkyl halides is 4. The molecule has 0 amide bonds. The first-order valence-corrected chi connectivity index (χ1v) is 5.23. The summed E-state index contributed by atoms with van der Waals surface area (Å²) in [6, 6.07) is 3.35. The van der Waals surface area contributed by atoms with Crippen molar-refractivity contribution in [3.8, 4) is 11.8 Å². The van der Waals surface area contributed by atoms with Crippen LogP contribution in [-0.4, -0.2) is 12.2 Å². The van der Waals surface area contributed by atoms with Gasteiger partial charge in [-0.05, 0) is 18.2 Å². The molecule has 0 radical (unpaired) electrons. The molecule has 0 aliphatic rings. The molecule has 0 saturated heterocycles. The minimum Gasteiger partial charge on any atom is -0.298 e.